The maximum atomic E-state index is 12.5. The first-order chi connectivity index (χ1) is 13.0. The smallest absolute Gasteiger partial charge is 0.446 e. The van der Waals surface area contributed by atoms with Gasteiger partial charge in [-0.1, -0.05) is 12.1 Å². The molecule has 0 atom stereocenters. The van der Waals surface area contributed by atoms with Gasteiger partial charge in [-0.15, -0.1) is 0 Å². The third-order valence-electron chi connectivity index (χ3n) is 3.15. The van der Waals surface area contributed by atoms with E-state index in [1.165, 1.54) is 24.3 Å². The van der Waals surface area contributed by atoms with Crippen molar-refractivity contribution in [2.75, 3.05) is 11.3 Å². The molecule has 2 rings (SSSR count). The minimum atomic E-state index is -4.75. The highest BCUT2D eigenvalue weighted by Gasteiger charge is 2.19. The second kappa shape index (κ2) is 8.24. The van der Waals surface area contributed by atoms with E-state index in [-0.39, 0.29) is 21.9 Å². The highest BCUT2D eigenvalue weighted by atomic mass is 32.3. The normalized spacial score (nSPS) is 11.5. The van der Waals surface area contributed by atoms with Crippen molar-refractivity contribution in [3.63, 3.8) is 0 Å². The van der Waals surface area contributed by atoms with Crippen molar-refractivity contribution in [1.82, 2.24) is 5.32 Å². The van der Waals surface area contributed by atoms with Gasteiger partial charge in [0.05, 0.1) is 16.1 Å². The van der Waals surface area contributed by atoms with Crippen LogP contribution in [0.3, 0.4) is 0 Å². The monoisotopic (exact) mass is 430 g/mol. The molecule has 0 unspecified atom stereocenters. The van der Waals surface area contributed by atoms with Crippen molar-refractivity contribution >= 4 is 38.0 Å². The van der Waals surface area contributed by atoms with Crippen molar-refractivity contribution in [1.29, 1.82) is 0 Å². The maximum absolute atomic E-state index is 12.5. The minimum absolute atomic E-state index is 0.0938. The topological polar surface area (TPSA) is 176 Å². The number of aliphatic carboxylic acids is 1. The molecular formula is C15H14N2O9S2. The number of amides is 1. The predicted octanol–water partition coefficient (Wildman–Crippen LogP) is 0.483. The van der Waals surface area contributed by atoms with E-state index in [1.54, 1.807) is 0 Å². The van der Waals surface area contributed by atoms with Crippen molar-refractivity contribution in [3.05, 3.63) is 54.1 Å². The lowest BCUT2D eigenvalue weighted by atomic mass is 10.1. The Bertz CT molecular complexity index is 1090. The first kappa shape index (κ1) is 21.1. The molecule has 0 aliphatic rings. The lowest BCUT2D eigenvalue weighted by Gasteiger charge is -2.12. The molecule has 0 radical (unpaired) electrons. The maximum Gasteiger partial charge on any atom is 0.446 e. The number of carboxylic acid groups (broad SMARTS) is 1. The molecule has 0 saturated heterocycles. The Morgan fingerprint density at radius 3 is 2.14 bits per heavy atom. The van der Waals surface area contributed by atoms with Gasteiger partial charge in [-0.05, 0) is 36.4 Å². The molecule has 0 aliphatic carbocycles. The van der Waals surface area contributed by atoms with E-state index in [0.29, 0.717) is 0 Å². The summed E-state index contributed by atoms with van der Waals surface area (Å²) < 4.78 is 61.3. The Labute approximate surface area is 160 Å². The van der Waals surface area contributed by atoms with E-state index in [2.05, 4.69) is 14.2 Å². The first-order valence-corrected chi connectivity index (χ1v) is 10.2. The Kier molecular flexibility index (Phi) is 6.23. The number of carbonyl (C=O) groups excluding carboxylic acids is 1. The molecular weight excluding hydrogens is 416 g/mol. The van der Waals surface area contributed by atoms with Crippen LogP contribution >= 0.6 is 0 Å². The van der Waals surface area contributed by atoms with E-state index in [4.69, 9.17) is 9.66 Å². The number of carboxylic acids is 1. The molecule has 2 aromatic carbocycles. The SMILES string of the molecule is O=C(O)CNC(=O)c1ccccc1NS(=O)(=O)c1ccc(OS(=O)(=O)O)cc1. The minimum Gasteiger partial charge on any atom is -0.480 e. The number of benzene rings is 2. The van der Waals surface area contributed by atoms with Crippen LogP contribution < -0.4 is 14.2 Å². The van der Waals surface area contributed by atoms with Crippen molar-refractivity contribution < 1.29 is 40.3 Å². The summed E-state index contributed by atoms with van der Waals surface area (Å²) in [7, 11) is -8.93. The number of anilines is 1. The first-order valence-electron chi connectivity index (χ1n) is 7.37. The third-order valence-corrected chi connectivity index (χ3v) is 4.94. The molecule has 0 fully saturated rings. The van der Waals surface area contributed by atoms with E-state index < -0.39 is 38.8 Å². The van der Waals surface area contributed by atoms with Crippen LogP contribution in [-0.4, -0.2) is 44.9 Å². The van der Waals surface area contributed by atoms with Gasteiger partial charge >= 0.3 is 16.4 Å². The van der Waals surface area contributed by atoms with Gasteiger partial charge in [0.1, 0.15) is 12.3 Å². The molecule has 11 nitrogen and oxygen atoms in total. The molecule has 150 valence electrons. The quantitative estimate of drug-likeness (QED) is 0.434. The fourth-order valence-corrected chi connectivity index (χ4v) is 3.45. The summed E-state index contributed by atoms with van der Waals surface area (Å²) in [5.41, 5.74) is -0.192. The molecule has 0 aliphatic heterocycles. The van der Waals surface area contributed by atoms with Gasteiger partial charge in [-0.25, -0.2) is 8.42 Å². The van der Waals surface area contributed by atoms with Crippen LogP contribution in [0.2, 0.25) is 0 Å². The molecule has 4 N–H and O–H groups in total. The van der Waals surface area contributed by atoms with E-state index in [9.17, 15) is 26.4 Å². The van der Waals surface area contributed by atoms with Gasteiger partial charge in [0.25, 0.3) is 15.9 Å². The van der Waals surface area contributed by atoms with Crippen molar-refractivity contribution in [2.24, 2.45) is 0 Å². The molecule has 0 saturated carbocycles. The largest absolute Gasteiger partial charge is 0.480 e. The summed E-state index contributed by atoms with van der Waals surface area (Å²) in [5, 5.41) is 10.7. The van der Waals surface area contributed by atoms with Crippen LogP contribution in [0.5, 0.6) is 5.75 Å². The molecule has 1 amide bonds. The number of para-hydroxylation sites is 1. The van der Waals surface area contributed by atoms with E-state index >= 15 is 0 Å². The average Bonchev–Trinajstić information content (AvgIpc) is 2.59. The number of rotatable bonds is 8. The molecule has 13 heteroatoms. The fourth-order valence-electron chi connectivity index (χ4n) is 2.02. The van der Waals surface area contributed by atoms with Gasteiger partial charge in [0, 0.05) is 0 Å². The van der Waals surface area contributed by atoms with Crippen LogP contribution in [0.15, 0.2) is 53.4 Å². The zero-order valence-corrected chi connectivity index (χ0v) is 15.5. The number of nitrogens with one attached hydrogen (secondary N) is 2. The predicted molar refractivity (Wildman–Crippen MR) is 95.8 cm³/mol. The summed E-state index contributed by atoms with van der Waals surface area (Å²) in [5.74, 6) is -2.37. The Hall–Kier alpha value is -3.16. The van der Waals surface area contributed by atoms with Gasteiger partial charge in [0.2, 0.25) is 0 Å². The number of hydrogen-bond donors (Lipinski definition) is 4. The van der Waals surface area contributed by atoms with Crippen LogP contribution in [0.1, 0.15) is 10.4 Å². The van der Waals surface area contributed by atoms with Crippen LogP contribution in [0.4, 0.5) is 5.69 Å². The summed E-state index contributed by atoms with van der Waals surface area (Å²) in [6.45, 7) is -0.644. The molecule has 0 bridgehead atoms. The van der Waals surface area contributed by atoms with Crippen molar-refractivity contribution in [2.45, 2.75) is 4.90 Å². The highest BCUT2D eigenvalue weighted by Crippen LogP contribution is 2.22. The Morgan fingerprint density at radius 1 is 0.964 bits per heavy atom. The van der Waals surface area contributed by atoms with E-state index in [1.807, 2.05) is 0 Å². The summed E-state index contributed by atoms with van der Waals surface area (Å²) in [6, 6.07) is 9.61. The summed E-state index contributed by atoms with van der Waals surface area (Å²) in [4.78, 5) is 22.3. The fraction of sp³-hybridized carbons (Fsp3) is 0.0667. The standard InChI is InChI=1S/C15H14N2O9S2/c18-14(19)9-16-15(20)12-3-1-2-4-13(12)17-27(21,22)11-7-5-10(6-8-11)26-28(23,24)25/h1-8,17H,9H2,(H,16,20)(H,18,19)(H,23,24,25). The number of hydrogen-bond acceptors (Lipinski definition) is 7. The molecule has 2 aromatic rings. The molecule has 0 heterocycles. The zero-order valence-electron chi connectivity index (χ0n) is 13.9. The Balaban J connectivity index is 2.25. The Morgan fingerprint density at radius 2 is 1.57 bits per heavy atom. The lowest BCUT2D eigenvalue weighted by molar-refractivity contribution is -0.135. The lowest BCUT2D eigenvalue weighted by Crippen LogP contribution is -2.30. The third kappa shape index (κ3) is 5.94. The van der Waals surface area contributed by atoms with E-state index in [0.717, 1.165) is 24.3 Å². The molecule has 0 spiro atoms. The number of sulfonamides is 1. The van der Waals surface area contributed by atoms with Gasteiger partial charge < -0.3 is 14.6 Å². The number of carbonyl (C=O) groups is 2. The van der Waals surface area contributed by atoms with Crippen LogP contribution in [-0.2, 0) is 25.2 Å². The van der Waals surface area contributed by atoms with Crippen molar-refractivity contribution in [3.8, 4) is 5.75 Å². The second-order valence-electron chi connectivity index (χ2n) is 5.21. The second-order valence-corrected chi connectivity index (χ2v) is 7.91. The average molecular weight is 430 g/mol. The van der Waals surface area contributed by atoms with Crippen LogP contribution in [0, 0.1) is 0 Å². The van der Waals surface area contributed by atoms with Gasteiger partial charge in [-0.2, -0.15) is 8.42 Å². The molecule has 28 heavy (non-hydrogen) atoms. The summed E-state index contributed by atoms with van der Waals surface area (Å²) in [6.07, 6.45) is 0. The van der Waals surface area contributed by atoms with Crippen LogP contribution in [0.25, 0.3) is 0 Å². The van der Waals surface area contributed by atoms with Gasteiger partial charge in [0.15, 0.2) is 0 Å². The van der Waals surface area contributed by atoms with Gasteiger partial charge in [-0.3, -0.25) is 18.9 Å². The molecule has 0 aromatic heterocycles. The zero-order chi connectivity index (χ0) is 20.9. The summed E-state index contributed by atoms with van der Waals surface area (Å²) >= 11 is 0. The highest BCUT2D eigenvalue weighted by molar-refractivity contribution is 7.92.